The molecule has 0 aliphatic rings. The van der Waals surface area contributed by atoms with E-state index in [1.807, 2.05) is 13.8 Å². The van der Waals surface area contributed by atoms with E-state index in [0.717, 1.165) is 5.69 Å². The number of alkyl halides is 1. The molecule has 4 nitrogen and oxygen atoms in total. The first-order valence-corrected chi connectivity index (χ1v) is 5.58. The maximum Gasteiger partial charge on any atom is 0.231 e. The van der Waals surface area contributed by atoms with E-state index in [4.69, 9.17) is 4.52 Å². The Kier molecular flexibility index (Phi) is 4.13. The van der Waals surface area contributed by atoms with Crippen LogP contribution in [0.15, 0.2) is 10.6 Å². The fourth-order valence-electron chi connectivity index (χ4n) is 0.906. The molecule has 1 amide bonds. The third-order valence-corrected chi connectivity index (χ3v) is 2.10. The summed E-state index contributed by atoms with van der Waals surface area (Å²) in [4.78, 5) is 11.2. The number of carbonyl (C=O) groups is 1. The molecule has 1 rings (SSSR count). The van der Waals surface area contributed by atoms with Crippen molar-refractivity contribution in [1.82, 2.24) is 5.16 Å². The summed E-state index contributed by atoms with van der Waals surface area (Å²) < 4.78 is 4.95. The Balaban J connectivity index is 2.55. The van der Waals surface area contributed by atoms with Gasteiger partial charge in [-0.3, -0.25) is 10.1 Å². The Morgan fingerprint density at radius 1 is 1.71 bits per heavy atom. The largest absolute Gasteiger partial charge is 0.338 e. The van der Waals surface area contributed by atoms with Gasteiger partial charge in [-0.05, 0) is 5.92 Å². The minimum atomic E-state index is -0.0756. The fraction of sp³-hybridized carbons (Fsp3) is 0.556. The van der Waals surface area contributed by atoms with Crippen LogP contribution in [0.3, 0.4) is 0 Å². The van der Waals surface area contributed by atoms with E-state index in [1.165, 1.54) is 0 Å². The van der Waals surface area contributed by atoms with Gasteiger partial charge in [-0.25, -0.2) is 0 Å². The number of carbonyl (C=O) groups excluding carboxylic acids is 1. The van der Waals surface area contributed by atoms with Crippen LogP contribution in [0.5, 0.6) is 0 Å². The van der Waals surface area contributed by atoms with E-state index < -0.39 is 0 Å². The van der Waals surface area contributed by atoms with Crippen molar-refractivity contribution >= 4 is 27.7 Å². The number of nitrogens with zero attached hydrogens (tertiary/aromatic N) is 1. The van der Waals surface area contributed by atoms with Crippen molar-refractivity contribution in [2.24, 2.45) is 0 Å². The zero-order valence-electron chi connectivity index (χ0n) is 8.21. The molecule has 0 fully saturated rings. The Labute approximate surface area is 91.2 Å². The van der Waals surface area contributed by atoms with Gasteiger partial charge in [0.15, 0.2) is 0 Å². The van der Waals surface area contributed by atoms with E-state index >= 15 is 0 Å². The lowest BCUT2D eigenvalue weighted by molar-refractivity contribution is -0.115. The molecule has 14 heavy (non-hydrogen) atoms. The van der Waals surface area contributed by atoms with E-state index in [0.29, 0.717) is 23.6 Å². The molecule has 1 N–H and O–H groups in total. The van der Waals surface area contributed by atoms with Crippen molar-refractivity contribution in [3.63, 3.8) is 0 Å². The monoisotopic (exact) mass is 260 g/mol. The highest BCUT2D eigenvalue weighted by atomic mass is 79.9. The number of rotatable bonds is 4. The van der Waals surface area contributed by atoms with Crippen LogP contribution >= 0.6 is 15.9 Å². The molecule has 0 saturated heterocycles. The van der Waals surface area contributed by atoms with Gasteiger partial charge in [0.1, 0.15) is 0 Å². The summed E-state index contributed by atoms with van der Waals surface area (Å²) >= 11 is 3.18. The van der Waals surface area contributed by atoms with Crippen molar-refractivity contribution in [3.05, 3.63) is 11.8 Å². The van der Waals surface area contributed by atoms with Crippen LogP contribution in [0.25, 0.3) is 0 Å². The van der Waals surface area contributed by atoms with Crippen LogP contribution in [0.1, 0.15) is 31.9 Å². The number of aromatic nitrogens is 1. The van der Waals surface area contributed by atoms with Gasteiger partial charge in [0, 0.05) is 17.8 Å². The third-order valence-electron chi connectivity index (χ3n) is 1.70. The smallest absolute Gasteiger partial charge is 0.231 e. The molecule has 0 radical (unpaired) electrons. The molecule has 1 heterocycles. The van der Waals surface area contributed by atoms with Crippen LogP contribution in [0.2, 0.25) is 0 Å². The van der Waals surface area contributed by atoms with Gasteiger partial charge in [0.25, 0.3) is 0 Å². The van der Waals surface area contributed by atoms with Crippen molar-refractivity contribution in [2.75, 3.05) is 10.6 Å². The van der Waals surface area contributed by atoms with Crippen LogP contribution in [-0.4, -0.2) is 16.4 Å². The molecule has 0 saturated carbocycles. The average Bonchev–Trinajstić information content (AvgIpc) is 2.53. The van der Waals surface area contributed by atoms with Gasteiger partial charge < -0.3 is 4.52 Å². The predicted molar refractivity (Wildman–Crippen MR) is 57.6 cm³/mol. The lowest BCUT2D eigenvalue weighted by Gasteiger charge is -1.96. The number of anilines is 1. The minimum Gasteiger partial charge on any atom is -0.338 e. The number of halogens is 1. The number of nitrogens with one attached hydrogen (secondary N) is 1. The molecule has 78 valence electrons. The summed E-state index contributed by atoms with van der Waals surface area (Å²) in [6.07, 6.45) is 0.428. The quantitative estimate of drug-likeness (QED) is 0.847. The fourth-order valence-corrected chi connectivity index (χ4v) is 1.27. The molecule has 1 aromatic heterocycles. The molecule has 0 atom stereocenters. The van der Waals surface area contributed by atoms with Crippen LogP contribution in [0, 0.1) is 0 Å². The molecule has 0 aliphatic heterocycles. The normalized spacial score (nSPS) is 10.6. The zero-order chi connectivity index (χ0) is 10.6. The third kappa shape index (κ3) is 3.14. The Morgan fingerprint density at radius 3 is 2.93 bits per heavy atom. The summed E-state index contributed by atoms with van der Waals surface area (Å²) in [5.74, 6) is 0.647. The van der Waals surface area contributed by atoms with Gasteiger partial charge >= 0.3 is 0 Å². The van der Waals surface area contributed by atoms with Gasteiger partial charge in [0.2, 0.25) is 11.8 Å². The number of hydrogen-bond acceptors (Lipinski definition) is 3. The summed E-state index contributed by atoms with van der Waals surface area (Å²) in [5, 5.41) is 7.09. The summed E-state index contributed by atoms with van der Waals surface area (Å²) in [7, 11) is 0. The first-order chi connectivity index (χ1) is 6.63. The number of amides is 1. The molecule has 5 heteroatoms. The minimum absolute atomic E-state index is 0.0756. The lowest BCUT2D eigenvalue weighted by Crippen LogP contribution is -2.10. The highest BCUT2D eigenvalue weighted by Crippen LogP contribution is 2.17. The molecule has 0 aromatic carbocycles. The average molecular weight is 261 g/mol. The van der Waals surface area contributed by atoms with Crippen molar-refractivity contribution in [3.8, 4) is 0 Å². The molecular formula is C9H13BrN2O2. The maximum atomic E-state index is 11.2. The molecule has 0 unspecified atom stereocenters. The van der Waals surface area contributed by atoms with E-state index in [9.17, 15) is 4.79 Å². The van der Waals surface area contributed by atoms with E-state index in [-0.39, 0.29) is 5.91 Å². The molecular weight excluding hydrogens is 248 g/mol. The van der Waals surface area contributed by atoms with Crippen LogP contribution in [-0.2, 0) is 4.79 Å². The lowest BCUT2D eigenvalue weighted by atomic mass is 10.1. The predicted octanol–water partition coefficient (Wildman–Crippen LogP) is 2.52. The topological polar surface area (TPSA) is 55.1 Å². The molecule has 0 aliphatic carbocycles. The van der Waals surface area contributed by atoms with E-state index in [1.54, 1.807) is 6.07 Å². The first-order valence-electron chi connectivity index (χ1n) is 4.46. The maximum absolute atomic E-state index is 11.2. The highest BCUT2D eigenvalue weighted by molar-refractivity contribution is 9.09. The first kappa shape index (κ1) is 11.2. The van der Waals surface area contributed by atoms with E-state index in [2.05, 4.69) is 26.4 Å². The Bertz CT molecular complexity index is 310. The number of hydrogen-bond donors (Lipinski definition) is 1. The Morgan fingerprint density at radius 2 is 2.43 bits per heavy atom. The second-order valence-corrected chi connectivity index (χ2v) is 4.05. The van der Waals surface area contributed by atoms with Crippen molar-refractivity contribution < 1.29 is 9.32 Å². The molecule has 0 bridgehead atoms. The van der Waals surface area contributed by atoms with Crippen molar-refractivity contribution in [1.29, 1.82) is 0 Å². The second-order valence-electron chi connectivity index (χ2n) is 3.26. The van der Waals surface area contributed by atoms with Gasteiger partial charge in [-0.15, -0.1) is 0 Å². The van der Waals surface area contributed by atoms with Crippen molar-refractivity contribution in [2.45, 2.75) is 26.2 Å². The van der Waals surface area contributed by atoms with Gasteiger partial charge in [0.05, 0.1) is 5.69 Å². The highest BCUT2D eigenvalue weighted by Gasteiger charge is 2.09. The zero-order valence-corrected chi connectivity index (χ0v) is 9.80. The standard InChI is InChI=1S/C9H13BrN2O2/c1-6(2)7-5-9(14-12-7)11-8(13)3-4-10/h5-6H,3-4H2,1-2H3,(H,11,13). The summed E-state index contributed by atoms with van der Waals surface area (Å²) in [5.41, 5.74) is 0.846. The molecule has 1 aromatic rings. The SMILES string of the molecule is CC(C)c1cc(NC(=O)CCBr)on1. The van der Waals surface area contributed by atoms with Gasteiger partial charge in [-0.1, -0.05) is 34.9 Å². The van der Waals surface area contributed by atoms with Crippen LogP contribution < -0.4 is 5.32 Å². The summed E-state index contributed by atoms with van der Waals surface area (Å²) in [6, 6.07) is 1.75. The van der Waals surface area contributed by atoms with Crippen LogP contribution in [0.4, 0.5) is 5.88 Å². The Hall–Kier alpha value is -0.840. The van der Waals surface area contributed by atoms with Gasteiger partial charge in [-0.2, -0.15) is 0 Å². The summed E-state index contributed by atoms with van der Waals surface area (Å²) in [6.45, 7) is 4.03. The molecule has 0 spiro atoms. The second kappa shape index (κ2) is 5.14.